The van der Waals surface area contributed by atoms with Crippen molar-refractivity contribution in [2.75, 3.05) is 5.32 Å². The Morgan fingerprint density at radius 1 is 1.31 bits per heavy atom. The van der Waals surface area contributed by atoms with Gasteiger partial charge in [0.1, 0.15) is 12.6 Å². The summed E-state index contributed by atoms with van der Waals surface area (Å²) in [5.74, 6) is -0.761. The summed E-state index contributed by atoms with van der Waals surface area (Å²) in [5, 5.41) is 9.16. The van der Waals surface area contributed by atoms with Gasteiger partial charge in [-0.15, -0.1) is 0 Å². The fraction of sp³-hybridized carbons (Fsp3) is 0.462. The molecule has 2 aromatic heterocycles. The molecule has 0 spiro atoms. The van der Waals surface area contributed by atoms with Crippen LogP contribution in [0.4, 0.5) is 32.0 Å². The molecule has 0 aliphatic heterocycles. The monoisotopic (exact) mass is 447 g/mol. The molecule has 1 atom stereocenters. The van der Waals surface area contributed by atoms with E-state index in [1.54, 1.807) is 0 Å². The van der Waals surface area contributed by atoms with Gasteiger partial charge in [-0.25, -0.2) is 0 Å². The zero-order valence-corrected chi connectivity index (χ0v) is 14.9. The van der Waals surface area contributed by atoms with Crippen molar-refractivity contribution in [2.45, 2.75) is 38.8 Å². The van der Waals surface area contributed by atoms with Crippen LogP contribution in [-0.4, -0.2) is 31.6 Å². The van der Waals surface area contributed by atoms with Gasteiger partial charge >= 0.3 is 12.4 Å². The number of carbonyl (C=O) groups excluding carboxylic acids is 1. The van der Waals surface area contributed by atoms with E-state index in [1.807, 2.05) is 0 Å². The first-order valence-electron chi connectivity index (χ1n) is 7.01. The van der Waals surface area contributed by atoms with E-state index in [4.69, 9.17) is 0 Å². The number of hydrogen-bond acceptors (Lipinski definition) is 3. The van der Waals surface area contributed by atoms with Gasteiger partial charge in [0.25, 0.3) is 0 Å². The highest BCUT2D eigenvalue weighted by Crippen LogP contribution is 2.36. The van der Waals surface area contributed by atoms with Crippen molar-refractivity contribution < 1.29 is 31.1 Å². The summed E-state index contributed by atoms with van der Waals surface area (Å²) in [7, 11) is 0. The van der Waals surface area contributed by atoms with E-state index in [-0.39, 0.29) is 15.9 Å². The maximum atomic E-state index is 12.9. The molecular weight excluding hydrogens is 436 g/mol. The van der Waals surface area contributed by atoms with E-state index in [0.29, 0.717) is 4.68 Å². The lowest BCUT2D eigenvalue weighted by Crippen LogP contribution is -2.25. The predicted octanol–water partition coefficient (Wildman–Crippen LogP) is 3.93. The number of nitrogens with zero attached hydrogens (tertiary/aromatic N) is 4. The van der Waals surface area contributed by atoms with Gasteiger partial charge in [0, 0.05) is 6.20 Å². The Hall–Kier alpha value is -2.05. The normalized spacial score (nSPS) is 13.7. The molecule has 0 aliphatic rings. The molecule has 1 N–H and O–H groups in total. The second kappa shape index (κ2) is 6.93. The quantitative estimate of drug-likeness (QED) is 0.722. The van der Waals surface area contributed by atoms with Gasteiger partial charge in [-0.3, -0.25) is 14.2 Å². The average molecular weight is 448 g/mol. The summed E-state index contributed by atoms with van der Waals surface area (Å²) in [6.07, 6.45) is -7.22. The Morgan fingerprint density at radius 3 is 2.42 bits per heavy atom. The number of aromatic nitrogens is 4. The van der Waals surface area contributed by atoms with Crippen LogP contribution in [0.5, 0.6) is 0 Å². The smallest absolute Gasteiger partial charge is 0.322 e. The van der Waals surface area contributed by atoms with Crippen molar-refractivity contribution >= 4 is 27.5 Å². The number of amides is 1. The van der Waals surface area contributed by atoms with Gasteiger partial charge in [-0.1, -0.05) is 0 Å². The molecule has 26 heavy (non-hydrogen) atoms. The minimum absolute atomic E-state index is 0.0222. The SMILES string of the molecule is Cc1c(Br)c(C(F)(F)F)nn1C(C)C(=O)Nc1cnn(CC(F)(F)F)c1. The Kier molecular flexibility index (Phi) is 5.40. The van der Waals surface area contributed by atoms with E-state index in [1.165, 1.54) is 13.8 Å². The third kappa shape index (κ3) is 4.56. The Morgan fingerprint density at radius 2 is 1.92 bits per heavy atom. The predicted molar refractivity (Wildman–Crippen MR) is 81.3 cm³/mol. The van der Waals surface area contributed by atoms with Crippen molar-refractivity contribution in [1.82, 2.24) is 19.6 Å². The summed E-state index contributed by atoms with van der Waals surface area (Å²) < 4.78 is 76.7. The first kappa shape index (κ1) is 20.3. The fourth-order valence-electron chi connectivity index (χ4n) is 2.11. The standard InChI is InChI=1S/C13H12BrF6N5O/c1-6-9(14)10(13(18,19)20)23-25(6)7(2)11(26)22-8-3-21-24(4-8)5-12(15,16)17/h3-4,7H,5H2,1-2H3,(H,22,26). The van der Waals surface area contributed by atoms with Crippen LogP contribution >= 0.6 is 15.9 Å². The van der Waals surface area contributed by atoms with E-state index in [0.717, 1.165) is 17.1 Å². The van der Waals surface area contributed by atoms with Crippen LogP contribution in [0.25, 0.3) is 0 Å². The number of nitrogens with one attached hydrogen (secondary N) is 1. The van der Waals surface area contributed by atoms with Crippen LogP contribution in [-0.2, 0) is 17.5 Å². The largest absolute Gasteiger partial charge is 0.436 e. The van der Waals surface area contributed by atoms with Gasteiger partial charge in [0.15, 0.2) is 5.69 Å². The maximum absolute atomic E-state index is 12.9. The number of anilines is 1. The van der Waals surface area contributed by atoms with Crippen LogP contribution in [0.3, 0.4) is 0 Å². The van der Waals surface area contributed by atoms with Gasteiger partial charge in [0.05, 0.1) is 22.1 Å². The van der Waals surface area contributed by atoms with Crippen LogP contribution in [0.1, 0.15) is 24.4 Å². The lowest BCUT2D eigenvalue weighted by atomic mass is 10.3. The molecule has 0 saturated heterocycles. The van der Waals surface area contributed by atoms with E-state index < -0.39 is 36.5 Å². The highest BCUT2D eigenvalue weighted by Gasteiger charge is 2.39. The zero-order valence-electron chi connectivity index (χ0n) is 13.3. The van der Waals surface area contributed by atoms with Gasteiger partial charge in [0.2, 0.25) is 5.91 Å². The first-order valence-corrected chi connectivity index (χ1v) is 7.80. The summed E-state index contributed by atoms with van der Waals surface area (Å²) in [6, 6.07) is -1.15. The number of alkyl halides is 6. The summed E-state index contributed by atoms with van der Waals surface area (Å²) in [5.41, 5.74) is -1.12. The molecule has 0 fully saturated rings. The topological polar surface area (TPSA) is 64.7 Å². The maximum Gasteiger partial charge on any atom is 0.436 e. The van der Waals surface area contributed by atoms with Gasteiger partial charge < -0.3 is 5.32 Å². The molecule has 13 heteroatoms. The van der Waals surface area contributed by atoms with Crippen molar-refractivity contribution in [1.29, 1.82) is 0 Å². The van der Waals surface area contributed by atoms with Gasteiger partial charge in [-0.05, 0) is 29.8 Å². The summed E-state index contributed by atoms with van der Waals surface area (Å²) >= 11 is 2.80. The number of carbonyl (C=O) groups is 1. The second-order valence-electron chi connectivity index (χ2n) is 5.40. The van der Waals surface area contributed by atoms with Crippen LogP contribution < -0.4 is 5.32 Å². The van der Waals surface area contributed by atoms with Crippen molar-refractivity contribution in [3.8, 4) is 0 Å². The van der Waals surface area contributed by atoms with Gasteiger partial charge in [-0.2, -0.15) is 36.5 Å². The Bertz CT molecular complexity index is 809. The van der Waals surface area contributed by atoms with E-state index >= 15 is 0 Å². The van der Waals surface area contributed by atoms with Crippen molar-refractivity contribution in [3.05, 3.63) is 28.3 Å². The molecule has 2 aromatic rings. The Balaban J connectivity index is 2.16. The molecule has 2 heterocycles. The molecule has 0 radical (unpaired) electrons. The number of hydrogen-bond donors (Lipinski definition) is 1. The molecule has 144 valence electrons. The summed E-state index contributed by atoms with van der Waals surface area (Å²) in [6.45, 7) is 1.32. The Labute approximate surface area is 151 Å². The highest BCUT2D eigenvalue weighted by molar-refractivity contribution is 9.10. The highest BCUT2D eigenvalue weighted by atomic mass is 79.9. The minimum atomic E-state index is -4.70. The average Bonchev–Trinajstić information content (AvgIpc) is 3.01. The van der Waals surface area contributed by atoms with Crippen molar-refractivity contribution in [2.24, 2.45) is 0 Å². The lowest BCUT2D eigenvalue weighted by molar-refractivity contribution is -0.143. The summed E-state index contributed by atoms with van der Waals surface area (Å²) in [4.78, 5) is 12.2. The first-order chi connectivity index (χ1) is 11.8. The third-order valence-electron chi connectivity index (χ3n) is 3.33. The van der Waals surface area contributed by atoms with Crippen LogP contribution in [0, 0.1) is 6.92 Å². The molecule has 0 aromatic carbocycles. The zero-order chi connectivity index (χ0) is 19.9. The third-order valence-corrected chi connectivity index (χ3v) is 4.28. The number of rotatable bonds is 4. The van der Waals surface area contributed by atoms with Crippen LogP contribution in [0.2, 0.25) is 0 Å². The molecule has 6 nitrogen and oxygen atoms in total. The molecule has 1 unspecified atom stereocenters. The van der Waals surface area contributed by atoms with Crippen LogP contribution in [0.15, 0.2) is 16.9 Å². The molecular formula is C13H12BrF6N5O. The lowest BCUT2D eigenvalue weighted by Gasteiger charge is -2.13. The van der Waals surface area contributed by atoms with E-state index in [9.17, 15) is 31.1 Å². The molecule has 1 amide bonds. The van der Waals surface area contributed by atoms with E-state index in [2.05, 4.69) is 31.4 Å². The molecule has 0 aliphatic carbocycles. The molecule has 0 saturated carbocycles. The van der Waals surface area contributed by atoms with Crippen molar-refractivity contribution in [3.63, 3.8) is 0 Å². The number of halogens is 7. The fourth-order valence-corrected chi connectivity index (χ4v) is 2.60. The molecule has 0 bridgehead atoms. The molecule has 2 rings (SSSR count). The second-order valence-corrected chi connectivity index (χ2v) is 6.19. The minimum Gasteiger partial charge on any atom is -0.322 e.